The summed E-state index contributed by atoms with van der Waals surface area (Å²) in [6, 6.07) is 0. The number of nitrogens with two attached hydrogens (primary N) is 1. The molecule has 0 spiro atoms. The summed E-state index contributed by atoms with van der Waals surface area (Å²) in [7, 11) is 0. The van der Waals surface area contributed by atoms with Crippen LogP contribution in [0.3, 0.4) is 0 Å². The second-order valence-corrected chi connectivity index (χ2v) is 4.01. The molecule has 0 aliphatic heterocycles. The highest BCUT2D eigenvalue weighted by Gasteiger charge is 2.10. The van der Waals surface area contributed by atoms with Gasteiger partial charge in [0.1, 0.15) is 0 Å². The Labute approximate surface area is 92.7 Å². The quantitative estimate of drug-likeness (QED) is 0.333. The molecule has 0 atom stereocenters. The summed E-state index contributed by atoms with van der Waals surface area (Å²) in [4.78, 5) is 11.4. The molecule has 0 saturated heterocycles. The number of nitrogens with one attached hydrogen (secondary N) is 1. The molecule has 0 unspecified atom stereocenters. The van der Waals surface area contributed by atoms with Gasteiger partial charge in [-0.25, -0.2) is 0 Å². The van der Waals surface area contributed by atoms with Crippen molar-refractivity contribution in [3.05, 3.63) is 20.8 Å². The van der Waals surface area contributed by atoms with Crippen LogP contribution in [-0.2, 0) is 0 Å². The number of thiophene rings is 1. The molecule has 0 aromatic carbocycles. The Morgan fingerprint density at radius 1 is 1.71 bits per heavy atom. The van der Waals surface area contributed by atoms with Crippen LogP contribution in [0.15, 0.2) is 20.4 Å². The van der Waals surface area contributed by atoms with Gasteiger partial charge >= 0.3 is 0 Å². The highest BCUT2D eigenvalue weighted by atomic mass is 79.9. The minimum atomic E-state index is -0.260. The van der Waals surface area contributed by atoms with Crippen LogP contribution in [-0.4, -0.2) is 23.5 Å². The van der Waals surface area contributed by atoms with Crippen molar-refractivity contribution in [2.75, 3.05) is 6.54 Å². The number of amides is 1. The topological polar surface area (TPSA) is 87.7 Å². The van der Waals surface area contributed by atoms with Gasteiger partial charge in [-0.3, -0.25) is 4.79 Å². The molecule has 1 aromatic heterocycles. The van der Waals surface area contributed by atoms with E-state index in [0.29, 0.717) is 5.56 Å². The number of hydrogen-bond donors (Lipinski definition) is 3. The SMILES string of the molecule is N/C(CNC(=O)c1cscc1Br)=N/O. The van der Waals surface area contributed by atoms with Crippen molar-refractivity contribution in [2.24, 2.45) is 10.9 Å². The third-order valence-electron chi connectivity index (χ3n) is 1.42. The monoisotopic (exact) mass is 277 g/mol. The van der Waals surface area contributed by atoms with Crippen LogP contribution in [0, 0.1) is 0 Å². The minimum Gasteiger partial charge on any atom is -0.409 e. The van der Waals surface area contributed by atoms with Crippen LogP contribution >= 0.6 is 27.3 Å². The standard InChI is InChI=1S/C7H8BrN3O2S/c8-5-3-14-2-4(5)7(12)10-1-6(9)11-13/h2-3,13H,1H2,(H2,9,11)(H,10,12). The summed E-state index contributed by atoms with van der Waals surface area (Å²) in [6.07, 6.45) is 0. The van der Waals surface area contributed by atoms with Crippen LogP contribution in [0.2, 0.25) is 0 Å². The molecule has 1 amide bonds. The fourth-order valence-corrected chi connectivity index (χ4v) is 2.20. The van der Waals surface area contributed by atoms with Crippen molar-refractivity contribution >= 4 is 39.0 Å². The molecule has 0 radical (unpaired) electrons. The van der Waals surface area contributed by atoms with Crippen LogP contribution in [0.1, 0.15) is 10.4 Å². The van der Waals surface area contributed by atoms with Gasteiger partial charge in [0, 0.05) is 15.2 Å². The zero-order valence-corrected chi connectivity index (χ0v) is 9.43. The van der Waals surface area contributed by atoms with Crippen molar-refractivity contribution in [1.29, 1.82) is 0 Å². The molecule has 5 nitrogen and oxygen atoms in total. The number of hydrogen-bond acceptors (Lipinski definition) is 4. The number of nitrogens with zero attached hydrogens (tertiary/aromatic N) is 1. The third kappa shape index (κ3) is 2.71. The second-order valence-electron chi connectivity index (χ2n) is 2.41. The Balaban J connectivity index is 2.56. The smallest absolute Gasteiger partial charge is 0.253 e. The van der Waals surface area contributed by atoms with Gasteiger partial charge in [0.25, 0.3) is 5.91 Å². The number of carbonyl (C=O) groups excluding carboxylic acids is 1. The molecule has 14 heavy (non-hydrogen) atoms. The highest BCUT2D eigenvalue weighted by Crippen LogP contribution is 2.20. The zero-order valence-electron chi connectivity index (χ0n) is 7.03. The fraction of sp³-hybridized carbons (Fsp3) is 0.143. The van der Waals surface area contributed by atoms with Crippen molar-refractivity contribution in [3.8, 4) is 0 Å². The molecule has 0 aliphatic rings. The molecule has 7 heteroatoms. The maximum atomic E-state index is 11.4. The van der Waals surface area contributed by atoms with Gasteiger partial charge in [-0.05, 0) is 15.9 Å². The first-order chi connectivity index (χ1) is 6.65. The van der Waals surface area contributed by atoms with E-state index in [1.807, 2.05) is 0 Å². The lowest BCUT2D eigenvalue weighted by atomic mass is 10.3. The molecule has 76 valence electrons. The molecular formula is C7H8BrN3O2S. The maximum Gasteiger partial charge on any atom is 0.253 e. The third-order valence-corrected chi connectivity index (χ3v) is 3.12. The van der Waals surface area contributed by atoms with Gasteiger partial charge in [0.2, 0.25) is 0 Å². The zero-order chi connectivity index (χ0) is 10.6. The molecule has 1 heterocycles. The summed E-state index contributed by atoms with van der Waals surface area (Å²) in [5.41, 5.74) is 5.73. The number of oxime groups is 1. The van der Waals surface area contributed by atoms with Crippen LogP contribution in [0.4, 0.5) is 0 Å². The first-order valence-electron chi connectivity index (χ1n) is 3.61. The lowest BCUT2D eigenvalue weighted by molar-refractivity contribution is 0.0958. The van der Waals surface area contributed by atoms with Crippen molar-refractivity contribution < 1.29 is 10.0 Å². The predicted octanol–water partition coefficient (Wildman–Crippen LogP) is 0.987. The predicted molar refractivity (Wildman–Crippen MR) is 57.8 cm³/mol. The van der Waals surface area contributed by atoms with Gasteiger partial charge < -0.3 is 16.3 Å². The summed E-state index contributed by atoms with van der Waals surface area (Å²) < 4.78 is 0.736. The van der Waals surface area contributed by atoms with E-state index in [0.717, 1.165) is 4.47 Å². The van der Waals surface area contributed by atoms with Crippen LogP contribution in [0.25, 0.3) is 0 Å². The summed E-state index contributed by atoms with van der Waals surface area (Å²) in [5, 5.41) is 17.0. The largest absolute Gasteiger partial charge is 0.409 e. The van der Waals surface area contributed by atoms with Crippen molar-refractivity contribution in [2.45, 2.75) is 0 Å². The Morgan fingerprint density at radius 3 is 2.93 bits per heavy atom. The van der Waals surface area contributed by atoms with E-state index in [1.165, 1.54) is 11.3 Å². The van der Waals surface area contributed by atoms with Crippen molar-refractivity contribution in [1.82, 2.24) is 5.32 Å². The first-order valence-corrected chi connectivity index (χ1v) is 5.35. The van der Waals surface area contributed by atoms with E-state index in [-0.39, 0.29) is 18.3 Å². The average molecular weight is 278 g/mol. The summed E-state index contributed by atoms with van der Waals surface area (Å²) in [6.45, 7) is 0.0254. The maximum absolute atomic E-state index is 11.4. The average Bonchev–Trinajstić information content (AvgIpc) is 2.60. The Kier molecular flexibility index (Phi) is 3.90. The van der Waals surface area contributed by atoms with Gasteiger partial charge in [0.15, 0.2) is 5.84 Å². The Hall–Kier alpha value is -1.08. The van der Waals surface area contributed by atoms with Crippen LogP contribution < -0.4 is 11.1 Å². The number of halogens is 1. The van der Waals surface area contributed by atoms with E-state index in [4.69, 9.17) is 10.9 Å². The van der Waals surface area contributed by atoms with Gasteiger partial charge in [-0.1, -0.05) is 5.16 Å². The summed E-state index contributed by atoms with van der Waals surface area (Å²) in [5.74, 6) is -0.297. The molecule has 1 aromatic rings. The van der Waals surface area contributed by atoms with Gasteiger partial charge in [-0.2, -0.15) is 11.3 Å². The van der Waals surface area contributed by atoms with E-state index >= 15 is 0 Å². The molecule has 1 rings (SSSR count). The molecule has 4 N–H and O–H groups in total. The first kappa shape index (κ1) is 11.0. The number of rotatable bonds is 3. The number of carbonyl (C=O) groups is 1. The molecular weight excluding hydrogens is 270 g/mol. The van der Waals surface area contributed by atoms with E-state index in [1.54, 1.807) is 10.8 Å². The summed E-state index contributed by atoms with van der Waals surface area (Å²) >= 11 is 4.65. The van der Waals surface area contributed by atoms with Crippen LogP contribution in [0.5, 0.6) is 0 Å². The normalized spacial score (nSPS) is 11.4. The Bertz CT molecular complexity index is 364. The molecule has 0 aliphatic carbocycles. The molecule has 0 saturated carbocycles. The Morgan fingerprint density at radius 2 is 2.43 bits per heavy atom. The van der Waals surface area contributed by atoms with E-state index in [9.17, 15) is 4.79 Å². The lowest BCUT2D eigenvalue weighted by Gasteiger charge is -2.02. The van der Waals surface area contributed by atoms with Gasteiger partial charge in [0.05, 0.1) is 12.1 Å². The highest BCUT2D eigenvalue weighted by molar-refractivity contribution is 9.10. The lowest BCUT2D eigenvalue weighted by Crippen LogP contribution is -2.33. The van der Waals surface area contributed by atoms with E-state index < -0.39 is 0 Å². The minimum absolute atomic E-state index is 0.0254. The second kappa shape index (κ2) is 4.97. The van der Waals surface area contributed by atoms with Crippen molar-refractivity contribution in [3.63, 3.8) is 0 Å². The fourth-order valence-electron chi connectivity index (χ4n) is 0.745. The molecule has 0 bridgehead atoms. The number of amidine groups is 1. The van der Waals surface area contributed by atoms with Gasteiger partial charge in [-0.15, -0.1) is 0 Å². The van der Waals surface area contributed by atoms with E-state index in [2.05, 4.69) is 26.4 Å². The molecule has 0 fully saturated rings.